The van der Waals surface area contributed by atoms with E-state index < -0.39 is 6.36 Å². The molecule has 2 aliphatic rings. The molecule has 0 saturated heterocycles. The first-order valence-electron chi connectivity index (χ1n) is 7.42. The second kappa shape index (κ2) is 5.52. The Kier molecular flexibility index (Phi) is 3.86. The van der Waals surface area contributed by atoms with Gasteiger partial charge in [0.25, 0.3) is 0 Å². The molecule has 1 radical (unpaired) electrons. The first kappa shape index (κ1) is 14.7. The zero-order valence-electron chi connectivity index (χ0n) is 11.7. The minimum absolute atomic E-state index is 0.0868. The van der Waals surface area contributed by atoms with Crippen molar-refractivity contribution in [2.24, 2.45) is 17.6 Å². The largest absolute Gasteiger partial charge is 0.573 e. The zero-order chi connectivity index (χ0) is 15.0. The standard InChI is InChI=1S/C16H19F3NO/c17-16(18,19)21-15-7-2-1-4-13(15)11-9-8-10(11)12-5-3-6-14(12)20/h1-2,4,7,10,12,14H,3,5-6,8-9,20H2. The maximum absolute atomic E-state index is 12.5. The van der Waals surface area contributed by atoms with Gasteiger partial charge in [-0.3, -0.25) is 0 Å². The molecule has 0 spiro atoms. The summed E-state index contributed by atoms with van der Waals surface area (Å²) in [6.07, 6.45) is 0.433. The van der Waals surface area contributed by atoms with Gasteiger partial charge in [-0.2, -0.15) is 0 Å². The van der Waals surface area contributed by atoms with Crippen molar-refractivity contribution >= 4 is 0 Å². The molecule has 3 unspecified atom stereocenters. The zero-order valence-corrected chi connectivity index (χ0v) is 11.7. The van der Waals surface area contributed by atoms with E-state index >= 15 is 0 Å². The van der Waals surface area contributed by atoms with E-state index in [2.05, 4.69) is 4.74 Å². The highest BCUT2D eigenvalue weighted by Gasteiger charge is 2.44. The Labute approximate surface area is 122 Å². The van der Waals surface area contributed by atoms with Crippen LogP contribution < -0.4 is 10.5 Å². The number of para-hydroxylation sites is 1. The normalized spacial score (nSPS) is 30.2. The van der Waals surface area contributed by atoms with E-state index in [0.29, 0.717) is 17.4 Å². The second-order valence-electron chi connectivity index (χ2n) is 5.97. The fourth-order valence-corrected chi connectivity index (χ4v) is 3.72. The van der Waals surface area contributed by atoms with E-state index in [0.717, 1.165) is 38.0 Å². The van der Waals surface area contributed by atoms with Crippen LogP contribution in [0.3, 0.4) is 0 Å². The van der Waals surface area contributed by atoms with Gasteiger partial charge < -0.3 is 10.5 Å². The van der Waals surface area contributed by atoms with Crippen LogP contribution >= 0.6 is 0 Å². The van der Waals surface area contributed by atoms with Crippen LogP contribution in [0.1, 0.15) is 37.7 Å². The summed E-state index contributed by atoms with van der Waals surface area (Å²) in [6, 6.07) is 6.62. The average molecular weight is 298 g/mol. The molecule has 3 rings (SSSR count). The van der Waals surface area contributed by atoms with Crippen molar-refractivity contribution in [3.63, 3.8) is 0 Å². The number of halogens is 3. The van der Waals surface area contributed by atoms with E-state index in [1.807, 2.05) is 0 Å². The van der Waals surface area contributed by atoms with E-state index in [1.165, 1.54) is 6.07 Å². The van der Waals surface area contributed by atoms with Crippen molar-refractivity contribution in [3.8, 4) is 5.75 Å². The molecule has 2 nitrogen and oxygen atoms in total. The molecule has 0 heterocycles. The Morgan fingerprint density at radius 3 is 2.43 bits per heavy atom. The van der Waals surface area contributed by atoms with Crippen LogP contribution in [0.4, 0.5) is 13.2 Å². The summed E-state index contributed by atoms with van der Waals surface area (Å²) in [5.74, 6) is 1.72. The number of nitrogens with two attached hydrogens (primary N) is 1. The molecule has 1 aromatic rings. The molecule has 2 saturated carbocycles. The predicted molar refractivity (Wildman–Crippen MR) is 73.5 cm³/mol. The van der Waals surface area contributed by atoms with Crippen LogP contribution in [0, 0.1) is 17.8 Å². The molecule has 2 fully saturated rings. The Morgan fingerprint density at radius 2 is 1.86 bits per heavy atom. The third-order valence-electron chi connectivity index (χ3n) is 4.77. The first-order valence-corrected chi connectivity index (χ1v) is 7.42. The molecule has 115 valence electrons. The fraction of sp³-hybridized carbons (Fsp3) is 0.562. The molecule has 2 aliphatic carbocycles. The highest BCUT2D eigenvalue weighted by Crippen LogP contribution is 2.52. The van der Waals surface area contributed by atoms with E-state index in [1.54, 1.807) is 18.2 Å². The molecule has 21 heavy (non-hydrogen) atoms. The summed E-state index contributed by atoms with van der Waals surface area (Å²) in [5, 5.41) is 0. The van der Waals surface area contributed by atoms with Crippen molar-refractivity contribution in [3.05, 3.63) is 35.7 Å². The van der Waals surface area contributed by atoms with E-state index in [9.17, 15) is 13.2 Å². The minimum atomic E-state index is -4.65. The molecule has 0 aliphatic heterocycles. The smallest absolute Gasteiger partial charge is 0.405 e. The van der Waals surface area contributed by atoms with Gasteiger partial charge in [-0.15, -0.1) is 13.2 Å². The van der Waals surface area contributed by atoms with Gasteiger partial charge in [0.2, 0.25) is 0 Å². The second-order valence-corrected chi connectivity index (χ2v) is 5.97. The Bertz CT molecular complexity index is 503. The van der Waals surface area contributed by atoms with Gasteiger partial charge in [0.05, 0.1) is 0 Å². The molecule has 0 aromatic heterocycles. The molecule has 3 atom stereocenters. The van der Waals surface area contributed by atoms with Crippen LogP contribution in [0.2, 0.25) is 0 Å². The van der Waals surface area contributed by atoms with Crippen LogP contribution in [-0.4, -0.2) is 12.4 Å². The van der Waals surface area contributed by atoms with E-state index in [-0.39, 0.29) is 11.8 Å². The van der Waals surface area contributed by atoms with Crippen molar-refractivity contribution in [2.45, 2.75) is 44.5 Å². The molecule has 0 amide bonds. The lowest BCUT2D eigenvalue weighted by atomic mass is 9.63. The topological polar surface area (TPSA) is 35.2 Å². The lowest BCUT2D eigenvalue weighted by Gasteiger charge is -2.42. The van der Waals surface area contributed by atoms with E-state index in [4.69, 9.17) is 5.73 Å². The number of ether oxygens (including phenoxy) is 1. The lowest BCUT2D eigenvalue weighted by molar-refractivity contribution is -0.274. The van der Waals surface area contributed by atoms with Gasteiger partial charge in [-0.05, 0) is 43.6 Å². The SMILES string of the molecule is NC1CCCC1C1CC[C]1c1ccccc1OC(F)(F)F. The van der Waals surface area contributed by atoms with Crippen molar-refractivity contribution in [1.82, 2.24) is 0 Å². The summed E-state index contributed by atoms with van der Waals surface area (Å²) in [5.41, 5.74) is 6.75. The van der Waals surface area contributed by atoms with Crippen LogP contribution in [0.5, 0.6) is 5.75 Å². The maximum atomic E-state index is 12.5. The molecule has 1 aromatic carbocycles. The summed E-state index contributed by atoms with van der Waals surface area (Å²) >= 11 is 0. The third-order valence-corrected chi connectivity index (χ3v) is 4.77. The summed E-state index contributed by atoms with van der Waals surface area (Å²) in [4.78, 5) is 0. The summed E-state index contributed by atoms with van der Waals surface area (Å²) < 4.78 is 41.7. The third kappa shape index (κ3) is 3.03. The van der Waals surface area contributed by atoms with Crippen molar-refractivity contribution in [1.29, 1.82) is 0 Å². The molecule has 5 heteroatoms. The summed E-state index contributed by atoms with van der Waals surface area (Å²) in [6.45, 7) is 0. The molecular formula is C16H19F3NO. The lowest BCUT2D eigenvalue weighted by Crippen LogP contribution is -2.39. The van der Waals surface area contributed by atoms with Gasteiger partial charge in [0, 0.05) is 17.5 Å². The average Bonchev–Trinajstić information content (AvgIpc) is 2.75. The Hall–Kier alpha value is -1.23. The van der Waals surface area contributed by atoms with Gasteiger partial charge in [-0.25, -0.2) is 0 Å². The molecule has 0 bridgehead atoms. The predicted octanol–water partition coefficient (Wildman–Crippen LogP) is 4.05. The highest BCUT2D eigenvalue weighted by atomic mass is 19.4. The molecular weight excluding hydrogens is 279 g/mol. The highest BCUT2D eigenvalue weighted by molar-refractivity contribution is 5.46. The first-order chi connectivity index (χ1) is 9.96. The number of benzene rings is 1. The van der Waals surface area contributed by atoms with Gasteiger partial charge in [-0.1, -0.05) is 24.6 Å². The van der Waals surface area contributed by atoms with Crippen molar-refractivity contribution in [2.75, 3.05) is 0 Å². The fourth-order valence-electron chi connectivity index (χ4n) is 3.72. The number of rotatable bonds is 3. The minimum Gasteiger partial charge on any atom is -0.405 e. The number of hydrogen-bond acceptors (Lipinski definition) is 2. The van der Waals surface area contributed by atoms with Crippen molar-refractivity contribution < 1.29 is 17.9 Å². The number of alkyl halides is 3. The Morgan fingerprint density at radius 1 is 1.10 bits per heavy atom. The van der Waals surface area contributed by atoms with Crippen LogP contribution in [0.15, 0.2) is 24.3 Å². The van der Waals surface area contributed by atoms with Crippen LogP contribution in [0.25, 0.3) is 0 Å². The van der Waals surface area contributed by atoms with Crippen LogP contribution in [-0.2, 0) is 0 Å². The number of hydrogen-bond donors (Lipinski definition) is 1. The maximum Gasteiger partial charge on any atom is 0.573 e. The van der Waals surface area contributed by atoms with Gasteiger partial charge >= 0.3 is 6.36 Å². The molecule has 2 N–H and O–H groups in total. The monoisotopic (exact) mass is 298 g/mol. The Balaban J connectivity index is 1.80. The summed E-state index contributed by atoms with van der Waals surface area (Å²) in [7, 11) is 0. The van der Waals surface area contributed by atoms with Gasteiger partial charge in [0.1, 0.15) is 5.75 Å². The quantitative estimate of drug-likeness (QED) is 0.914. The van der Waals surface area contributed by atoms with Gasteiger partial charge in [0.15, 0.2) is 0 Å².